The third-order valence-corrected chi connectivity index (χ3v) is 9.44. The molecule has 0 atom stereocenters. The van der Waals surface area contributed by atoms with Crippen LogP contribution in [0.2, 0.25) is 0 Å². The highest BCUT2D eigenvalue weighted by Gasteiger charge is 2.28. The zero-order valence-electron chi connectivity index (χ0n) is 27.5. The summed E-state index contributed by atoms with van der Waals surface area (Å²) in [5.41, 5.74) is 16.6. The fourth-order valence-electron chi connectivity index (χ4n) is 7.53. The number of benzene rings is 6. The lowest BCUT2D eigenvalue weighted by molar-refractivity contribution is 0.358. The molecular formula is C46H44. The maximum absolute atomic E-state index is 2.45. The van der Waals surface area contributed by atoms with E-state index in [1.165, 1.54) is 66.8 Å². The fraction of sp³-hybridized carbons (Fsp3) is 0.217. The Bertz CT molecular complexity index is 1830. The molecule has 1 aliphatic carbocycles. The molecule has 0 aromatic heterocycles. The fourth-order valence-corrected chi connectivity index (χ4v) is 7.53. The highest BCUT2D eigenvalue weighted by atomic mass is 14.3. The Morgan fingerprint density at radius 3 is 0.783 bits per heavy atom. The van der Waals surface area contributed by atoms with Gasteiger partial charge in [0.1, 0.15) is 0 Å². The Labute approximate surface area is 275 Å². The molecule has 0 saturated carbocycles. The Morgan fingerprint density at radius 1 is 0.326 bits per heavy atom. The van der Waals surface area contributed by atoms with Crippen molar-refractivity contribution in [3.8, 4) is 0 Å². The van der Waals surface area contributed by atoms with Gasteiger partial charge in [0, 0.05) is 5.92 Å². The molecule has 0 heterocycles. The molecule has 0 unspecified atom stereocenters. The van der Waals surface area contributed by atoms with Gasteiger partial charge in [-0.3, -0.25) is 0 Å². The van der Waals surface area contributed by atoms with E-state index in [-0.39, 0.29) is 5.41 Å². The first-order chi connectivity index (χ1) is 22.3. The first kappa shape index (κ1) is 30.0. The minimum Gasteiger partial charge on any atom is -0.0617 e. The summed E-state index contributed by atoms with van der Waals surface area (Å²) in [6.07, 6.45) is 4.71. The van der Waals surface area contributed by atoms with Crippen molar-refractivity contribution in [3.05, 3.63) is 212 Å². The van der Waals surface area contributed by atoms with Gasteiger partial charge < -0.3 is 0 Å². The molecule has 6 aromatic carbocycles. The van der Waals surface area contributed by atoms with E-state index in [0.717, 1.165) is 32.1 Å². The van der Waals surface area contributed by atoms with Crippen molar-refractivity contribution in [2.45, 2.75) is 58.8 Å². The Morgan fingerprint density at radius 2 is 0.543 bits per heavy atom. The van der Waals surface area contributed by atoms with Crippen molar-refractivity contribution < 1.29 is 0 Å². The highest BCUT2D eigenvalue weighted by molar-refractivity contribution is 5.42. The Hall–Kier alpha value is -4.68. The second kappa shape index (κ2) is 13.0. The number of fused-ring (bicyclic) bond motifs is 12. The first-order valence-corrected chi connectivity index (χ1v) is 16.8. The summed E-state index contributed by atoms with van der Waals surface area (Å²) < 4.78 is 0. The number of hydrogen-bond donors (Lipinski definition) is 0. The van der Waals surface area contributed by atoms with E-state index in [2.05, 4.69) is 166 Å². The SMILES string of the molecule is CC(C)(C)C1c2cccc(c2)Cc2cccc(c2)Cc2cccc(c2)Cc2cccc(c2)Cc2cccc(c2)Cc2cccc1c2. The van der Waals surface area contributed by atoms with Crippen LogP contribution in [0.3, 0.4) is 0 Å². The first-order valence-electron chi connectivity index (χ1n) is 16.8. The Kier molecular flexibility index (Phi) is 8.46. The molecule has 46 heavy (non-hydrogen) atoms. The van der Waals surface area contributed by atoms with Crippen LogP contribution in [-0.4, -0.2) is 0 Å². The van der Waals surface area contributed by atoms with E-state index in [1.54, 1.807) is 0 Å². The summed E-state index contributed by atoms with van der Waals surface area (Å²) in [7, 11) is 0. The van der Waals surface area contributed by atoms with E-state index >= 15 is 0 Å². The molecule has 228 valence electrons. The summed E-state index contributed by atoms with van der Waals surface area (Å²) >= 11 is 0. The van der Waals surface area contributed by atoms with Crippen LogP contribution < -0.4 is 0 Å². The van der Waals surface area contributed by atoms with Gasteiger partial charge in [0.05, 0.1) is 0 Å². The molecule has 0 fully saturated rings. The van der Waals surface area contributed by atoms with Crippen LogP contribution in [0.1, 0.15) is 93.5 Å². The maximum Gasteiger partial charge on any atom is 0.0138 e. The molecule has 12 bridgehead atoms. The number of rotatable bonds is 0. The molecule has 0 amide bonds. The van der Waals surface area contributed by atoms with Crippen LogP contribution in [0.5, 0.6) is 0 Å². The van der Waals surface area contributed by atoms with Crippen LogP contribution in [0, 0.1) is 5.41 Å². The lowest BCUT2D eigenvalue weighted by Gasteiger charge is -2.32. The van der Waals surface area contributed by atoms with Crippen molar-refractivity contribution >= 4 is 0 Å². The molecule has 0 nitrogen and oxygen atoms in total. The van der Waals surface area contributed by atoms with Gasteiger partial charge >= 0.3 is 0 Å². The quantitative estimate of drug-likeness (QED) is 0.164. The molecule has 0 N–H and O–H groups in total. The lowest BCUT2D eigenvalue weighted by atomic mass is 9.72. The molecule has 1 aliphatic rings. The zero-order valence-corrected chi connectivity index (χ0v) is 27.5. The summed E-state index contributed by atoms with van der Waals surface area (Å²) in [6.45, 7) is 7.13. The Balaban J connectivity index is 1.30. The number of hydrogen-bond acceptors (Lipinski definition) is 0. The van der Waals surface area contributed by atoms with E-state index < -0.39 is 0 Å². The predicted molar refractivity (Wildman–Crippen MR) is 194 cm³/mol. The van der Waals surface area contributed by atoms with Crippen LogP contribution in [-0.2, 0) is 32.1 Å². The van der Waals surface area contributed by atoms with Crippen molar-refractivity contribution in [1.82, 2.24) is 0 Å². The van der Waals surface area contributed by atoms with Gasteiger partial charge in [-0.05, 0) is 104 Å². The summed E-state index contributed by atoms with van der Waals surface area (Å²) in [4.78, 5) is 0. The third kappa shape index (κ3) is 7.24. The standard InChI is InChI=1S/C46H44/c1-46(2,3)45-43-20-8-18-41(31-43)29-39-16-6-14-37(27-39)25-35-12-4-10-33(23-35)22-34-11-5-13-36(24-34)26-38-15-7-17-40(28-38)30-42-19-9-21-44(45)32-42/h4-21,23-24,27-28,31-32,45H,22,25-26,29-30H2,1-3H3. The topological polar surface area (TPSA) is 0 Å². The van der Waals surface area contributed by atoms with Gasteiger partial charge in [-0.25, -0.2) is 0 Å². The minimum absolute atomic E-state index is 0.0745. The van der Waals surface area contributed by atoms with Gasteiger partial charge in [-0.1, -0.05) is 166 Å². The van der Waals surface area contributed by atoms with Crippen molar-refractivity contribution in [2.24, 2.45) is 5.41 Å². The average molecular weight is 597 g/mol. The summed E-state index contributed by atoms with van der Waals surface area (Å²) in [5, 5.41) is 0. The van der Waals surface area contributed by atoms with Gasteiger partial charge in [-0.2, -0.15) is 0 Å². The van der Waals surface area contributed by atoms with Gasteiger partial charge in [0.2, 0.25) is 0 Å². The molecule has 7 rings (SSSR count). The summed E-state index contributed by atoms with van der Waals surface area (Å²) in [5.74, 6) is 0.301. The largest absolute Gasteiger partial charge is 0.0617 e. The van der Waals surface area contributed by atoms with Crippen molar-refractivity contribution in [1.29, 1.82) is 0 Å². The normalized spacial score (nSPS) is 13.9. The van der Waals surface area contributed by atoms with Gasteiger partial charge in [-0.15, -0.1) is 0 Å². The van der Waals surface area contributed by atoms with Crippen molar-refractivity contribution in [3.63, 3.8) is 0 Å². The second-order valence-corrected chi connectivity index (χ2v) is 14.5. The van der Waals surface area contributed by atoms with Gasteiger partial charge in [0.25, 0.3) is 0 Å². The highest BCUT2D eigenvalue weighted by Crippen LogP contribution is 2.41. The van der Waals surface area contributed by atoms with Crippen LogP contribution in [0.15, 0.2) is 146 Å². The smallest absolute Gasteiger partial charge is 0.0138 e. The lowest BCUT2D eigenvalue weighted by Crippen LogP contribution is -2.20. The van der Waals surface area contributed by atoms with Crippen LogP contribution in [0.4, 0.5) is 0 Å². The second-order valence-electron chi connectivity index (χ2n) is 14.5. The molecular weight excluding hydrogens is 553 g/mol. The third-order valence-electron chi connectivity index (χ3n) is 9.44. The van der Waals surface area contributed by atoms with E-state index in [1.807, 2.05) is 0 Å². The van der Waals surface area contributed by atoms with E-state index in [9.17, 15) is 0 Å². The van der Waals surface area contributed by atoms with Crippen molar-refractivity contribution in [2.75, 3.05) is 0 Å². The molecule has 6 aromatic rings. The minimum atomic E-state index is 0.0745. The van der Waals surface area contributed by atoms with Gasteiger partial charge in [0.15, 0.2) is 0 Å². The zero-order chi connectivity index (χ0) is 31.5. The molecule has 0 spiro atoms. The average Bonchev–Trinajstić information content (AvgIpc) is 3.01. The van der Waals surface area contributed by atoms with Crippen LogP contribution in [0.25, 0.3) is 0 Å². The van der Waals surface area contributed by atoms with E-state index in [0.29, 0.717) is 5.92 Å². The molecule has 0 aliphatic heterocycles. The predicted octanol–water partition coefficient (Wildman–Crippen LogP) is 11.1. The van der Waals surface area contributed by atoms with E-state index in [4.69, 9.17) is 0 Å². The molecule has 0 heteroatoms. The van der Waals surface area contributed by atoms with Crippen LogP contribution >= 0.6 is 0 Å². The molecule has 0 radical (unpaired) electrons. The maximum atomic E-state index is 2.45. The molecule has 0 saturated heterocycles. The summed E-state index contributed by atoms with van der Waals surface area (Å²) in [6, 6.07) is 55.4. The monoisotopic (exact) mass is 596 g/mol.